The molecule has 1 aromatic heterocycles. The van der Waals surface area contributed by atoms with Gasteiger partial charge in [0.05, 0.1) is 10.9 Å². The standard InChI is InChI=1S/C14H19ClN2OS.ClH/c1-2-7-17(9-12-5-6-13(15)19-12)14(18)10-3-4-11(16)8-10;/h2,5-6,10-11H,1,3-4,7-9,16H2;1H. The maximum absolute atomic E-state index is 12.5. The normalized spacial score (nSPS) is 21.3. The van der Waals surface area contributed by atoms with Crippen molar-refractivity contribution in [3.05, 3.63) is 34.0 Å². The van der Waals surface area contributed by atoms with E-state index < -0.39 is 0 Å². The van der Waals surface area contributed by atoms with Crippen molar-refractivity contribution in [3.8, 4) is 0 Å². The molecule has 2 rings (SSSR count). The maximum Gasteiger partial charge on any atom is 0.226 e. The first-order valence-corrected chi connectivity index (χ1v) is 7.69. The molecular formula is C14H20Cl2N2OS. The number of carbonyl (C=O) groups excluding carboxylic acids is 1. The summed E-state index contributed by atoms with van der Waals surface area (Å²) < 4.78 is 0.754. The van der Waals surface area contributed by atoms with Crippen LogP contribution in [0.4, 0.5) is 0 Å². The van der Waals surface area contributed by atoms with Gasteiger partial charge in [-0.3, -0.25) is 4.79 Å². The van der Waals surface area contributed by atoms with E-state index in [9.17, 15) is 4.79 Å². The predicted molar refractivity (Wildman–Crippen MR) is 87.5 cm³/mol. The van der Waals surface area contributed by atoms with Gasteiger partial charge in [-0.05, 0) is 31.4 Å². The highest BCUT2D eigenvalue weighted by molar-refractivity contribution is 7.16. The lowest BCUT2D eigenvalue weighted by Gasteiger charge is -2.24. The van der Waals surface area contributed by atoms with Crippen molar-refractivity contribution in [2.75, 3.05) is 6.54 Å². The van der Waals surface area contributed by atoms with Gasteiger partial charge in [0, 0.05) is 23.4 Å². The zero-order chi connectivity index (χ0) is 13.8. The maximum atomic E-state index is 12.5. The quantitative estimate of drug-likeness (QED) is 0.838. The molecule has 2 atom stereocenters. The van der Waals surface area contributed by atoms with E-state index in [4.69, 9.17) is 17.3 Å². The number of nitrogens with two attached hydrogens (primary N) is 1. The lowest BCUT2D eigenvalue weighted by molar-refractivity contribution is -0.135. The first-order chi connectivity index (χ1) is 9.10. The highest BCUT2D eigenvalue weighted by Gasteiger charge is 2.30. The fourth-order valence-corrected chi connectivity index (χ4v) is 3.62. The molecule has 1 saturated carbocycles. The minimum Gasteiger partial charge on any atom is -0.334 e. The van der Waals surface area contributed by atoms with Crippen molar-refractivity contribution >= 4 is 41.3 Å². The Balaban J connectivity index is 0.00000200. The molecule has 2 unspecified atom stereocenters. The summed E-state index contributed by atoms with van der Waals surface area (Å²) in [6, 6.07) is 4.01. The Morgan fingerprint density at radius 3 is 2.80 bits per heavy atom. The van der Waals surface area contributed by atoms with Crippen molar-refractivity contribution < 1.29 is 4.79 Å². The Hall–Kier alpha value is -0.550. The van der Waals surface area contributed by atoms with E-state index in [0.29, 0.717) is 13.1 Å². The topological polar surface area (TPSA) is 46.3 Å². The van der Waals surface area contributed by atoms with Crippen LogP contribution in [0.2, 0.25) is 4.34 Å². The van der Waals surface area contributed by atoms with E-state index in [0.717, 1.165) is 28.5 Å². The van der Waals surface area contributed by atoms with E-state index in [-0.39, 0.29) is 30.3 Å². The van der Waals surface area contributed by atoms with E-state index >= 15 is 0 Å². The molecular weight excluding hydrogens is 315 g/mol. The number of hydrogen-bond donors (Lipinski definition) is 1. The van der Waals surface area contributed by atoms with Gasteiger partial charge in [-0.2, -0.15) is 0 Å². The average molecular weight is 335 g/mol. The van der Waals surface area contributed by atoms with Crippen LogP contribution in [-0.2, 0) is 11.3 Å². The molecule has 0 radical (unpaired) electrons. The fourth-order valence-electron chi connectivity index (χ4n) is 2.51. The van der Waals surface area contributed by atoms with Gasteiger partial charge in [0.1, 0.15) is 0 Å². The first kappa shape index (κ1) is 17.5. The van der Waals surface area contributed by atoms with Gasteiger partial charge >= 0.3 is 0 Å². The largest absolute Gasteiger partial charge is 0.334 e. The van der Waals surface area contributed by atoms with Crippen molar-refractivity contribution in [2.24, 2.45) is 11.7 Å². The van der Waals surface area contributed by atoms with Crippen molar-refractivity contribution in [1.29, 1.82) is 0 Å². The van der Waals surface area contributed by atoms with Crippen LogP contribution in [0, 0.1) is 5.92 Å². The molecule has 6 heteroatoms. The lowest BCUT2D eigenvalue weighted by Crippen LogP contribution is -2.35. The van der Waals surface area contributed by atoms with Crippen LogP contribution in [0.5, 0.6) is 0 Å². The van der Waals surface area contributed by atoms with Gasteiger partial charge in [-0.1, -0.05) is 17.7 Å². The second-order valence-electron chi connectivity index (χ2n) is 4.98. The van der Waals surface area contributed by atoms with Gasteiger partial charge in [0.25, 0.3) is 0 Å². The monoisotopic (exact) mass is 334 g/mol. The van der Waals surface area contributed by atoms with Gasteiger partial charge in [0.15, 0.2) is 0 Å². The Labute approximate surface area is 135 Å². The minimum atomic E-state index is 0. The zero-order valence-electron chi connectivity index (χ0n) is 11.3. The van der Waals surface area contributed by atoms with Crippen LogP contribution in [-0.4, -0.2) is 23.4 Å². The lowest BCUT2D eigenvalue weighted by atomic mass is 10.1. The number of rotatable bonds is 5. The van der Waals surface area contributed by atoms with Crippen LogP contribution >= 0.6 is 35.3 Å². The molecule has 3 nitrogen and oxygen atoms in total. The molecule has 1 aliphatic carbocycles. The van der Waals surface area contributed by atoms with Crippen LogP contribution in [0.15, 0.2) is 24.8 Å². The minimum absolute atomic E-state index is 0. The molecule has 1 aliphatic rings. The smallest absolute Gasteiger partial charge is 0.226 e. The Kier molecular flexibility index (Phi) is 7.03. The van der Waals surface area contributed by atoms with Crippen molar-refractivity contribution in [1.82, 2.24) is 4.90 Å². The molecule has 1 aromatic rings. The molecule has 0 aromatic carbocycles. The number of nitrogens with zero attached hydrogens (tertiary/aromatic N) is 1. The first-order valence-electron chi connectivity index (χ1n) is 6.49. The van der Waals surface area contributed by atoms with E-state index in [1.54, 1.807) is 6.08 Å². The van der Waals surface area contributed by atoms with Gasteiger partial charge < -0.3 is 10.6 Å². The summed E-state index contributed by atoms with van der Waals surface area (Å²) in [6.45, 7) is 4.90. The molecule has 1 amide bonds. The summed E-state index contributed by atoms with van der Waals surface area (Å²) in [6.07, 6.45) is 4.42. The molecule has 0 saturated heterocycles. The molecule has 0 spiro atoms. The highest BCUT2D eigenvalue weighted by Crippen LogP contribution is 2.28. The van der Waals surface area contributed by atoms with Crippen LogP contribution in [0.1, 0.15) is 24.1 Å². The number of hydrogen-bond acceptors (Lipinski definition) is 3. The summed E-state index contributed by atoms with van der Waals surface area (Å²) >= 11 is 7.44. The highest BCUT2D eigenvalue weighted by atomic mass is 35.5. The third-order valence-corrected chi connectivity index (χ3v) is 4.68. The molecule has 1 heterocycles. The van der Waals surface area contributed by atoms with E-state index in [2.05, 4.69) is 6.58 Å². The van der Waals surface area contributed by atoms with Gasteiger partial charge in [-0.15, -0.1) is 30.3 Å². The number of carbonyl (C=O) groups is 1. The average Bonchev–Trinajstić information content (AvgIpc) is 2.97. The Bertz CT molecular complexity index is 464. The van der Waals surface area contributed by atoms with Gasteiger partial charge in [-0.25, -0.2) is 0 Å². The zero-order valence-corrected chi connectivity index (χ0v) is 13.6. The second-order valence-corrected chi connectivity index (χ2v) is 6.78. The third-order valence-electron chi connectivity index (χ3n) is 3.46. The van der Waals surface area contributed by atoms with Crippen LogP contribution in [0.3, 0.4) is 0 Å². The summed E-state index contributed by atoms with van der Waals surface area (Å²) in [5.41, 5.74) is 5.89. The second kappa shape index (κ2) is 8.03. The SMILES string of the molecule is C=CCN(Cc1ccc(Cl)s1)C(=O)C1CCC(N)C1.Cl. The summed E-state index contributed by atoms with van der Waals surface area (Å²) in [7, 11) is 0. The van der Waals surface area contributed by atoms with Gasteiger partial charge in [0.2, 0.25) is 5.91 Å². The molecule has 0 bridgehead atoms. The number of amides is 1. The Morgan fingerprint density at radius 2 is 2.30 bits per heavy atom. The number of thiophene rings is 1. The van der Waals surface area contributed by atoms with Crippen molar-refractivity contribution in [2.45, 2.75) is 31.8 Å². The molecule has 112 valence electrons. The Morgan fingerprint density at radius 1 is 1.55 bits per heavy atom. The third kappa shape index (κ3) is 4.48. The summed E-state index contributed by atoms with van der Waals surface area (Å²) in [5.74, 6) is 0.266. The summed E-state index contributed by atoms with van der Waals surface area (Å²) in [5, 5.41) is 0. The number of halogens is 2. The summed E-state index contributed by atoms with van der Waals surface area (Å²) in [4.78, 5) is 15.4. The molecule has 1 fully saturated rings. The molecule has 0 aliphatic heterocycles. The molecule has 20 heavy (non-hydrogen) atoms. The van der Waals surface area contributed by atoms with E-state index in [1.807, 2.05) is 17.0 Å². The van der Waals surface area contributed by atoms with Crippen LogP contribution < -0.4 is 5.73 Å². The molecule has 2 N–H and O–H groups in total. The van der Waals surface area contributed by atoms with Crippen molar-refractivity contribution in [3.63, 3.8) is 0 Å². The fraction of sp³-hybridized carbons (Fsp3) is 0.500. The van der Waals surface area contributed by atoms with Crippen LogP contribution in [0.25, 0.3) is 0 Å². The predicted octanol–water partition coefficient (Wildman–Crippen LogP) is 3.47. The van der Waals surface area contributed by atoms with E-state index in [1.165, 1.54) is 11.3 Å².